The first-order chi connectivity index (χ1) is 11.3. The molecule has 23 heavy (non-hydrogen) atoms. The van der Waals surface area contributed by atoms with Crippen molar-refractivity contribution in [2.75, 3.05) is 26.2 Å². The van der Waals surface area contributed by atoms with Crippen LogP contribution in [-0.4, -0.2) is 36.2 Å². The lowest BCUT2D eigenvalue weighted by atomic mass is 9.88. The van der Waals surface area contributed by atoms with Crippen molar-refractivity contribution in [2.24, 2.45) is 5.41 Å². The maximum absolute atomic E-state index is 9.93. The number of nitrogens with one attached hydrogen (secondary N) is 1. The molecule has 1 fully saturated rings. The molecule has 0 amide bonds. The molecule has 0 aromatic heterocycles. The van der Waals surface area contributed by atoms with Gasteiger partial charge < -0.3 is 10.4 Å². The maximum atomic E-state index is 9.93. The summed E-state index contributed by atoms with van der Waals surface area (Å²) in [6.45, 7) is 4.97. The molecule has 122 valence electrons. The van der Waals surface area contributed by atoms with Gasteiger partial charge >= 0.3 is 0 Å². The van der Waals surface area contributed by atoms with Crippen LogP contribution in [0.15, 0.2) is 60.7 Å². The van der Waals surface area contributed by atoms with E-state index < -0.39 is 0 Å². The van der Waals surface area contributed by atoms with Crippen LogP contribution in [0.2, 0.25) is 0 Å². The molecule has 1 unspecified atom stereocenters. The minimum absolute atomic E-state index is 0.0104. The Hall–Kier alpha value is -1.68. The third-order valence-corrected chi connectivity index (χ3v) is 4.77. The van der Waals surface area contributed by atoms with Gasteiger partial charge in [0.2, 0.25) is 0 Å². The van der Waals surface area contributed by atoms with Gasteiger partial charge in [0.1, 0.15) is 0 Å². The minimum Gasteiger partial charge on any atom is -0.396 e. The van der Waals surface area contributed by atoms with Crippen LogP contribution in [0.4, 0.5) is 0 Å². The van der Waals surface area contributed by atoms with Gasteiger partial charge in [-0.05, 0) is 24.1 Å². The lowest BCUT2D eigenvalue weighted by Gasteiger charge is -2.28. The molecule has 3 rings (SSSR count). The monoisotopic (exact) mass is 310 g/mol. The molecule has 2 aromatic carbocycles. The van der Waals surface area contributed by atoms with E-state index in [1.165, 1.54) is 11.1 Å². The second-order valence-electron chi connectivity index (χ2n) is 6.69. The Morgan fingerprint density at radius 1 is 0.957 bits per heavy atom. The number of aliphatic hydroxyl groups excluding tert-OH is 1. The molecule has 0 saturated carbocycles. The fraction of sp³-hybridized carbons (Fsp3) is 0.400. The Balaban J connectivity index is 1.51. The summed E-state index contributed by atoms with van der Waals surface area (Å²) >= 11 is 0. The highest BCUT2D eigenvalue weighted by atomic mass is 16.3. The van der Waals surface area contributed by atoms with Crippen LogP contribution in [0, 0.1) is 5.41 Å². The number of rotatable bonds is 7. The third kappa shape index (κ3) is 4.41. The Morgan fingerprint density at radius 3 is 2.26 bits per heavy atom. The summed E-state index contributed by atoms with van der Waals surface area (Å²) in [5.74, 6) is 0. The van der Waals surface area contributed by atoms with E-state index in [-0.39, 0.29) is 12.0 Å². The molecule has 0 bridgehead atoms. The van der Waals surface area contributed by atoms with Crippen molar-refractivity contribution in [1.82, 2.24) is 10.2 Å². The maximum Gasteiger partial charge on any atom is 0.0512 e. The molecule has 3 heteroatoms. The normalized spacial score (nSPS) is 21.6. The van der Waals surface area contributed by atoms with E-state index in [9.17, 15) is 5.11 Å². The molecule has 1 saturated heterocycles. The van der Waals surface area contributed by atoms with Gasteiger partial charge in [0.15, 0.2) is 0 Å². The molecule has 3 nitrogen and oxygen atoms in total. The standard InChI is InChI=1S/C20H26N2O/c23-17-20(15-21-13-18-7-3-1-4-8-18)11-12-22(16-20)14-19-9-5-2-6-10-19/h1-10,21,23H,11-17H2. The van der Waals surface area contributed by atoms with Gasteiger partial charge in [-0.3, -0.25) is 4.90 Å². The van der Waals surface area contributed by atoms with Crippen LogP contribution in [0.1, 0.15) is 17.5 Å². The highest BCUT2D eigenvalue weighted by Crippen LogP contribution is 2.30. The Bertz CT molecular complexity index is 587. The predicted molar refractivity (Wildman–Crippen MR) is 94.0 cm³/mol. The smallest absolute Gasteiger partial charge is 0.0512 e. The average Bonchev–Trinajstić information content (AvgIpc) is 3.00. The molecule has 0 radical (unpaired) electrons. The Labute approximate surface area is 139 Å². The fourth-order valence-electron chi connectivity index (χ4n) is 3.40. The van der Waals surface area contributed by atoms with Crippen molar-refractivity contribution < 1.29 is 5.11 Å². The summed E-state index contributed by atoms with van der Waals surface area (Å²) in [6.07, 6.45) is 1.05. The summed E-state index contributed by atoms with van der Waals surface area (Å²) in [6, 6.07) is 21.0. The first-order valence-electron chi connectivity index (χ1n) is 8.41. The summed E-state index contributed by atoms with van der Waals surface area (Å²) in [5.41, 5.74) is 2.63. The first-order valence-corrected chi connectivity index (χ1v) is 8.41. The zero-order valence-corrected chi connectivity index (χ0v) is 13.6. The number of likely N-dealkylation sites (tertiary alicyclic amines) is 1. The van der Waals surface area contributed by atoms with Gasteiger partial charge in [0, 0.05) is 31.6 Å². The van der Waals surface area contributed by atoms with Crippen LogP contribution >= 0.6 is 0 Å². The van der Waals surface area contributed by atoms with Crippen molar-refractivity contribution in [2.45, 2.75) is 19.5 Å². The zero-order valence-electron chi connectivity index (χ0n) is 13.6. The average molecular weight is 310 g/mol. The van der Waals surface area contributed by atoms with E-state index in [1.807, 2.05) is 6.07 Å². The largest absolute Gasteiger partial charge is 0.396 e. The zero-order chi connectivity index (χ0) is 16.0. The van der Waals surface area contributed by atoms with E-state index in [4.69, 9.17) is 0 Å². The van der Waals surface area contributed by atoms with Crippen LogP contribution in [0.3, 0.4) is 0 Å². The van der Waals surface area contributed by atoms with Crippen molar-refractivity contribution in [3.63, 3.8) is 0 Å². The number of hydrogen-bond donors (Lipinski definition) is 2. The van der Waals surface area contributed by atoms with Gasteiger partial charge in [0.25, 0.3) is 0 Å². The molecular weight excluding hydrogens is 284 g/mol. The first kappa shape index (κ1) is 16.2. The third-order valence-electron chi connectivity index (χ3n) is 4.77. The number of aliphatic hydroxyl groups is 1. The molecule has 1 atom stereocenters. The van der Waals surface area contributed by atoms with Crippen molar-refractivity contribution in [3.8, 4) is 0 Å². The fourth-order valence-corrected chi connectivity index (χ4v) is 3.40. The Kier molecular flexibility index (Phi) is 5.44. The summed E-state index contributed by atoms with van der Waals surface area (Å²) in [5, 5.41) is 13.5. The van der Waals surface area contributed by atoms with E-state index in [0.717, 1.165) is 39.1 Å². The highest BCUT2D eigenvalue weighted by molar-refractivity contribution is 5.15. The van der Waals surface area contributed by atoms with Crippen LogP contribution < -0.4 is 5.32 Å². The van der Waals surface area contributed by atoms with Crippen LogP contribution in [-0.2, 0) is 13.1 Å². The molecule has 1 aliphatic rings. The van der Waals surface area contributed by atoms with E-state index in [2.05, 4.69) is 64.8 Å². The topological polar surface area (TPSA) is 35.5 Å². The van der Waals surface area contributed by atoms with Gasteiger partial charge in [0.05, 0.1) is 6.61 Å². The summed E-state index contributed by atoms with van der Waals surface area (Å²) < 4.78 is 0. The van der Waals surface area contributed by atoms with Gasteiger partial charge in [-0.2, -0.15) is 0 Å². The molecule has 2 aromatic rings. The second-order valence-corrected chi connectivity index (χ2v) is 6.69. The number of hydrogen-bond acceptors (Lipinski definition) is 3. The van der Waals surface area contributed by atoms with Crippen molar-refractivity contribution >= 4 is 0 Å². The molecule has 1 aliphatic heterocycles. The second kappa shape index (κ2) is 7.73. The lowest BCUT2D eigenvalue weighted by molar-refractivity contribution is 0.124. The molecular formula is C20H26N2O. The van der Waals surface area contributed by atoms with E-state index in [0.29, 0.717) is 0 Å². The van der Waals surface area contributed by atoms with Crippen LogP contribution in [0.5, 0.6) is 0 Å². The molecule has 0 spiro atoms. The lowest BCUT2D eigenvalue weighted by Crippen LogP contribution is -2.39. The SMILES string of the molecule is OCC1(CNCc2ccccc2)CCN(Cc2ccccc2)C1. The number of nitrogens with zero attached hydrogens (tertiary/aromatic N) is 1. The van der Waals surface area contributed by atoms with Gasteiger partial charge in [-0.15, -0.1) is 0 Å². The highest BCUT2D eigenvalue weighted by Gasteiger charge is 2.37. The van der Waals surface area contributed by atoms with Crippen LogP contribution in [0.25, 0.3) is 0 Å². The number of benzene rings is 2. The molecule has 0 aliphatic carbocycles. The summed E-state index contributed by atoms with van der Waals surface area (Å²) in [4.78, 5) is 2.45. The van der Waals surface area contributed by atoms with Crippen molar-refractivity contribution in [1.29, 1.82) is 0 Å². The van der Waals surface area contributed by atoms with E-state index in [1.54, 1.807) is 0 Å². The Morgan fingerprint density at radius 2 is 1.61 bits per heavy atom. The molecule has 2 N–H and O–H groups in total. The minimum atomic E-state index is -0.0104. The van der Waals surface area contributed by atoms with Gasteiger partial charge in [-0.25, -0.2) is 0 Å². The predicted octanol–water partition coefficient (Wildman–Crippen LogP) is 2.66. The molecule has 1 heterocycles. The van der Waals surface area contributed by atoms with E-state index >= 15 is 0 Å². The van der Waals surface area contributed by atoms with Gasteiger partial charge in [-0.1, -0.05) is 60.7 Å². The summed E-state index contributed by atoms with van der Waals surface area (Å²) in [7, 11) is 0. The van der Waals surface area contributed by atoms with Crippen molar-refractivity contribution in [3.05, 3.63) is 71.8 Å². The quantitative estimate of drug-likeness (QED) is 0.825.